The maximum absolute atomic E-state index is 5.40. The summed E-state index contributed by atoms with van der Waals surface area (Å²) in [6.07, 6.45) is 8.28. The van der Waals surface area contributed by atoms with Crippen LogP contribution in [-0.2, 0) is 0 Å². The lowest BCUT2D eigenvalue weighted by atomic mass is 9.95. The number of nitrogens with zero attached hydrogens (tertiary/aromatic N) is 1. The van der Waals surface area contributed by atoms with Crippen LogP contribution in [0.2, 0.25) is 0 Å². The lowest BCUT2D eigenvalue weighted by Crippen LogP contribution is -2.13. The van der Waals surface area contributed by atoms with Gasteiger partial charge in [0.25, 0.3) is 0 Å². The molecule has 3 heteroatoms. The van der Waals surface area contributed by atoms with Crippen LogP contribution in [0.5, 0.6) is 5.75 Å². The number of aromatic nitrogens is 1. The molecule has 0 saturated heterocycles. The molecular formula is C13H18BrNO. The molecule has 2 nitrogen and oxygen atoms in total. The summed E-state index contributed by atoms with van der Waals surface area (Å²) in [6.45, 7) is 0. The highest BCUT2D eigenvalue weighted by Crippen LogP contribution is 2.38. The molecule has 0 N–H and O–H groups in total. The van der Waals surface area contributed by atoms with Crippen LogP contribution in [0.1, 0.15) is 43.7 Å². The van der Waals surface area contributed by atoms with E-state index in [2.05, 4.69) is 20.9 Å². The first-order chi connectivity index (χ1) is 7.83. The Bertz CT molecular complexity index is 342. The molecule has 88 valence electrons. The Hall–Kier alpha value is -0.570. The number of pyridine rings is 1. The number of hydrogen-bond donors (Lipinski definition) is 0. The molecule has 2 rings (SSSR count). The van der Waals surface area contributed by atoms with Gasteiger partial charge in [0.15, 0.2) is 0 Å². The van der Waals surface area contributed by atoms with Gasteiger partial charge in [-0.15, -0.1) is 0 Å². The van der Waals surface area contributed by atoms with E-state index in [1.54, 1.807) is 7.11 Å². The second-order valence-corrected chi connectivity index (χ2v) is 5.53. The molecule has 1 aliphatic rings. The molecule has 2 unspecified atom stereocenters. The highest BCUT2D eigenvalue weighted by atomic mass is 79.9. The Morgan fingerprint density at radius 3 is 2.94 bits per heavy atom. The van der Waals surface area contributed by atoms with Crippen LogP contribution in [0.3, 0.4) is 0 Å². The predicted molar refractivity (Wildman–Crippen MR) is 69.3 cm³/mol. The van der Waals surface area contributed by atoms with Crippen molar-refractivity contribution < 1.29 is 4.74 Å². The topological polar surface area (TPSA) is 22.1 Å². The van der Waals surface area contributed by atoms with E-state index in [1.165, 1.54) is 32.1 Å². The summed E-state index contributed by atoms with van der Waals surface area (Å²) in [5.41, 5.74) is 1.12. The van der Waals surface area contributed by atoms with Gasteiger partial charge >= 0.3 is 0 Å². The van der Waals surface area contributed by atoms with Gasteiger partial charge in [-0.1, -0.05) is 35.2 Å². The van der Waals surface area contributed by atoms with Crippen molar-refractivity contribution in [3.8, 4) is 5.75 Å². The monoisotopic (exact) mass is 283 g/mol. The Kier molecular flexibility index (Phi) is 4.22. The zero-order valence-corrected chi connectivity index (χ0v) is 11.2. The fraction of sp³-hybridized carbons (Fsp3) is 0.615. The van der Waals surface area contributed by atoms with Crippen LogP contribution < -0.4 is 4.74 Å². The fourth-order valence-electron chi connectivity index (χ4n) is 2.42. The second kappa shape index (κ2) is 5.67. The summed E-state index contributed by atoms with van der Waals surface area (Å²) in [6, 6.07) is 3.94. The first-order valence-electron chi connectivity index (χ1n) is 5.96. The van der Waals surface area contributed by atoms with Crippen molar-refractivity contribution in [2.45, 2.75) is 42.8 Å². The van der Waals surface area contributed by atoms with Gasteiger partial charge in [0, 0.05) is 16.9 Å². The second-order valence-electron chi connectivity index (χ2n) is 4.35. The fourth-order valence-corrected chi connectivity index (χ4v) is 3.26. The van der Waals surface area contributed by atoms with Crippen LogP contribution in [0.4, 0.5) is 0 Å². The Labute approximate surface area is 106 Å². The molecule has 2 atom stereocenters. The van der Waals surface area contributed by atoms with Crippen LogP contribution in [0.25, 0.3) is 0 Å². The van der Waals surface area contributed by atoms with E-state index in [4.69, 9.17) is 4.74 Å². The van der Waals surface area contributed by atoms with Gasteiger partial charge in [0.1, 0.15) is 5.75 Å². The van der Waals surface area contributed by atoms with Crippen molar-refractivity contribution in [1.29, 1.82) is 0 Å². The van der Waals surface area contributed by atoms with Crippen LogP contribution >= 0.6 is 15.9 Å². The summed E-state index contributed by atoms with van der Waals surface area (Å²) in [5, 5.41) is 0. The number of methoxy groups -OCH3 is 1. The molecule has 0 radical (unpaired) electrons. The summed E-state index contributed by atoms with van der Waals surface area (Å²) in [4.78, 5) is 5.05. The summed E-state index contributed by atoms with van der Waals surface area (Å²) >= 11 is 3.81. The third kappa shape index (κ3) is 2.57. The minimum Gasteiger partial charge on any atom is -0.495 e. The minimum atomic E-state index is 0.499. The van der Waals surface area contributed by atoms with Gasteiger partial charge < -0.3 is 4.74 Å². The van der Waals surface area contributed by atoms with Crippen molar-refractivity contribution >= 4 is 15.9 Å². The van der Waals surface area contributed by atoms with E-state index in [1.807, 2.05) is 18.3 Å². The van der Waals surface area contributed by atoms with Crippen LogP contribution in [-0.4, -0.2) is 16.9 Å². The average molecular weight is 284 g/mol. The molecule has 0 aliphatic heterocycles. The predicted octanol–water partition coefficient (Wildman–Crippen LogP) is 3.90. The molecule has 16 heavy (non-hydrogen) atoms. The molecule has 0 spiro atoms. The molecule has 1 saturated carbocycles. The van der Waals surface area contributed by atoms with Crippen LogP contribution in [0.15, 0.2) is 18.3 Å². The lowest BCUT2D eigenvalue weighted by molar-refractivity contribution is 0.399. The number of ether oxygens (including phenoxy) is 1. The van der Waals surface area contributed by atoms with Gasteiger partial charge in [-0.3, -0.25) is 4.98 Å². The third-order valence-electron chi connectivity index (χ3n) is 3.30. The summed E-state index contributed by atoms with van der Waals surface area (Å²) in [5.74, 6) is 1.43. The van der Waals surface area contributed by atoms with Crippen molar-refractivity contribution in [3.05, 3.63) is 24.0 Å². The van der Waals surface area contributed by atoms with E-state index in [-0.39, 0.29) is 0 Å². The van der Waals surface area contributed by atoms with Crippen LogP contribution in [0, 0.1) is 0 Å². The molecule has 1 aromatic heterocycles. The molecular weight excluding hydrogens is 266 g/mol. The normalized spacial score (nSPS) is 26.1. The minimum absolute atomic E-state index is 0.499. The van der Waals surface area contributed by atoms with Gasteiger partial charge in [0.2, 0.25) is 0 Å². The SMILES string of the molecule is COc1cccnc1C1CCCCCC1Br. The van der Waals surface area contributed by atoms with E-state index < -0.39 is 0 Å². The zero-order valence-electron chi connectivity index (χ0n) is 9.66. The van der Waals surface area contributed by atoms with E-state index in [9.17, 15) is 0 Å². The Morgan fingerprint density at radius 2 is 2.12 bits per heavy atom. The molecule has 1 fully saturated rings. The van der Waals surface area contributed by atoms with Gasteiger partial charge in [0.05, 0.1) is 12.8 Å². The number of alkyl halides is 1. The number of hydrogen-bond acceptors (Lipinski definition) is 2. The first-order valence-corrected chi connectivity index (χ1v) is 6.87. The molecule has 0 amide bonds. The summed E-state index contributed by atoms with van der Waals surface area (Å²) in [7, 11) is 1.72. The largest absolute Gasteiger partial charge is 0.495 e. The van der Waals surface area contributed by atoms with E-state index in [0.29, 0.717) is 10.7 Å². The number of rotatable bonds is 2. The highest BCUT2D eigenvalue weighted by Gasteiger charge is 2.26. The van der Waals surface area contributed by atoms with Gasteiger partial charge in [-0.05, 0) is 25.0 Å². The maximum atomic E-state index is 5.40. The van der Waals surface area contributed by atoms with Crippen molar-refractivity contribution in [3.63, 3.8) is 0 Å². The zero-order chi connectivity index (χ0) is 11.4. The number of halogens is 1. The van der Waals surface area contributed by atoms with Gasteiger partial charge in [-0.2, -0.15) is 0 Å². The average Bonchev–Trinajstić information content (AvgIpc) is 2.54. The van der Waals surface area contributed by atoms with Crippen molar-refractivity contribution in [2.75, 3.05) is 7.11 Å². The standard InChI is InChI=1S/C13H18BrNO/c1-16-12-8-5-9-15-13(12)10-6-3-2-4-7-11(10)14/h5,8-11H,2-4,6-7H2,1H3. The lowest BCUT2D eigenvalue weighted by Gasteiger charge is -2.21. The third-order valence-corrected chi connectivity index (χ3v) is 4.40. The van der Waals surface area contributed by atoms with E-state index >= 15 is 0 Å². The molecule has 1 aliphatic carbocycles. The van der Waals surface area contributed by atoms with Gasteiger partial charge in [-0.25, -0.2) is 0 Å². The first kappa shape index (κ1) is 11.9. The van der Waals surface area contributed by atoms with Crippen molar-refractivity contribution in [1.82, 2.24) is 4.98 Å². The quantitative estimate of drug-likeness (QED) is 0.607. The highest BCUT2D eigenvalue weighted by molar-refractivity contribution is 9.09. The molecule has 0 aromatic carbocycles. The van der Waals surface area contributed by atoms with E-state index in [0.717, 1.165) is 11.4 Å². The maximum Gasteiger partial charge on any atom is 0.140 e. The summed E-state index contributed by atoms with van der Waals surface area (Å²) < 4.78 is 5.40. The smallest absolute Gasteiger partial charge is 0.140 e. The Morgan fingerprint density at radius 1 is 1.31 bits per heavy atom. The molecule has 1 heterocycles. The molecule has 0 bridgehead atoms. The molecule has 1 aromatic rings. The van der Waals surface area contributed by atoms with Crippen molar-refractivity contribution in [2.24, 2.45) is 0 Å². The Balaban J connectivity index is 2.26.